The molecule has 0 unspecified atom stereocenters. The van der Waals surface area contributed by atoms with E-state index in [0.29, 0.717) is 18.8 Å². The van der Waals surface area contributed by atoms with Gasteiger partial charge in [-0.05, 0) is 31.7 Å². The van der Waals surface area contributed by atoms with Gasteiger partial charge in [-0.1, -0.05) is 13.8 Å². The van der Waals surface area contributed by atoms with Crippen molar-refractivity contribution in [2.45, 2.75) is 40.0 Å². The Labute approximate surface area is 102 Å². The number of anilines is 1. The Kier molecular flexibility index (Phi) is 4.69. The average Bonchev–Trinajstić information content (AvgIpc) is 2.62. The number of aromatic nitrogens is 2. The van der Waals surface area contributed by atoms with Crippen molar-refractivity contribution in [3.05, 3.63) is 11.8 Å². The van der Waals surface area contributed by atoms with E-state index in [9.17, 15) is 4.79 Å². The van der Waals surface area contributed by atoms with Gasteiger partial charge in [-0.25, -0.2) is 0 Å². The van der Waals surface area contributed by atoms with Crippen LogP contribution < -0.4 is 11.1 Å². The highest BCUT2D eigenvalue weighted by molar-refractivity contribution is 5.90. The predicted molar refractivity (Wildman–Crippen MR) is 68.6 cm³/mol. The Hall–Kier alpha value is -1.36. The number of aryl methyl sites for hydroxylation is 1. The molecule has 0 saturated heterocycles. The third-order valence-electron chi connectivity index (χ3n) is 2.94. The van der Waals surface area contributed by atoms with E-state index in [0.717, 1.165) is 18.4 Å². The highest BCUT2D eigenvalue weighted by atomic mass is 16.1. The standard InChI is InChI=1S/C12H22N4O/c1-9-8-14-16-11(9)15-10(17)4-5-12(2,3)6-7-13/h8H,4-7,13H2,1-3H3,(H2,14,15,16,17). The van der Waals surface area contributed by atoms with E-state index in [2.05, 4.69) is 29.4 Å². The molecule has 5 nitrogen and oxygen atoms in total. The number of hydrogen-bond donors (Lipinski definition) is 3. The molecule has 0 fully saturated rings. The number of nitrogens with one attached hydrogen (secondary N) is 2. The highest BCUT2D eigenvalue weighted by Crippen LogP contribution is 2.26. The summed E-state index contributed by atoms with van der Waals surface area (Å²) in [6.45, 7) is 6.83. The lowest BCUT2D eigenvalue weighted by Gasteiger charge is -2.23. The van der Waals surface area contributed by atoms with Gasteiger partial charge in [-0.15, -0.1) is 0 Å². The number of carbonyl (C=O) groups is 1. The van der Waals surface area contributed by atoms with Crippen molar-refractivity contribution in [3.63, 3.8) is 0 Å². The van der Waals surface area contributed by atoms with Gasteiger partial charge in [0, 0.05) is 12.0 Å². The Morgan fingerprint density at radius 2 is 2.24 bits per heavy atom. The Morgan fingerprint density at radius 3 is 2.76 bits per heavy atom. The summed E-state index contributed by atoms with van der Waals surface area (Å²) in [5.74, 6) is 0.703. The van der Waals surface area contributed by atoms with Gasteiger partial charge >= 0.3 is 0 Å². The quantitative estimate of drug-likeness (QED) is 0.706. The van der Waals surface area contributed by atoms with Crippen molar-refractivity contribution in [1.29, 1.82) is 0 Å². The lowest BCUT2D eigenvalue weighted by molar-refractivity contribution is -0.116. The molecule has 0 aromatic carbocycles. The van der Waals surface area contributed by atoms with Crippen LogP contribution in [-0.2, 0) is 4.79 Å². The first-order valence-corrected chi connectivity index (χ1v) is 5.94. The van der Waals surface area contributed by atoms with Crippen LogP contribution in [0, 0.1) is 12.3 Å². The van der Waals surface area contributed by atoms with Crippen LogP contribution in [0.5, 0.6) is 0 Å². The minimum atomic E-state index is 0.0162. The fourth-order valence-corrected chi connectivity index (χ4v) is 1.64. The topological polar surface area (TPSA) is 83.8 Å². The van der Waals surface area contributed by atoms with E-state index in [-0.39, 0.29) is 11.3 Å². The highest BCUT2D eigenvalue weighted by Gasteiger charge is 2.18. The van der Waals surface area contributed by atoms with Crippen LogP contribution in [0.1, 0.15) is 38.7 Å². The second-order valence-electron chi connectivity index (χ2n) is 5.18. The Morgan fingerprint density at radius 1 is 1.53 bits per heavy atom. The maximum Gasteiger partial charge on any atom is 0.225 e. The number of nitrogens with zero attached hydrogens (tertiary/aromatic N) is 1. The maximum absolute atomic E-state index is 11.7. The third-order valence-corrected chi connectivity index (χ3v) is 2.94. The second kappa shape index (κ2) is 5.82. The summed E-state index contributed by atoms with van der Waals surface area (Å²) in [5, 5.41) is 9.43. The monoisotopic (exact) mass is 238 g/mol. The molecule has 0 aliphatic heterocycles. The Bertz CT molecular complexity index is 370. The van der Waals surface area contributed by atoms with Crippen LogP contribution in [0.3, 0.4) is 0 Å². The number of carbonyl (C=O) groups excluding carboxylic acids is 1. The van der Waals surface area contributed by atoms with Crippen LogP contribution in [0.2, 0.25) is 0 Å². The summed E-state index contributed by atoms with van der Waals surface area (Å²) in [6, 6.07) is 0. The van der Waals surface area contributed by atoms with Crippen molar-refractivity contribution in [2.75, 3.05) is 11.9 Å². The summed E-state index contributed by atoms with van der Waals surface area (Å²) in [6.07, 6.45) is 3.96. The molecule has 5 heteroatoms. The molecule has 0 saturated carbocycles. The molecule has 17 heavy (non-hydrogen) atoms. The molecule has 0 spiro atoms. The zero-order chi connectivity index (χ0) is 12.9. The summed E-state index contributed by atoms with van der Waals surface area (Å²) in [5.41, 5.74) is 6.60. The molecule has 1 aromatic heterocycles. The molecule has 1 heterocycles. The minimum absolute atomic E-state index is 0.0162. The molecular weight excluding hydrogens is 216 g/mol. The first-order valence-electron chi connectivity index (χ1n) is 5.94. The third kappa shape index (κ3) is 4.56. The average molecular weight is 238 g/mol. The molecule has 0 bridgehead atoms. The van der Waals surface area contributed by atoms with Gasteiger partial charge in [0.1, 0.15) is 5.82 Å². The zero-order valence-electron chi connectivity index (χ0n) is 10.8. The van der Waals surface area contributed by atoms with Gasteiger partial charge in [0.05, 0.1) is 6.20 Å². The summed E-state index contributed by atoms with van der Waals surface area (Å²) in [4.78, 5) is 11.7. The van der Waals surface area contributed by atoms with Crippen molar-refractivity contribution < 1.29 is 4.79 Å². The van der Waals surface area contributed by atoms with E-state index in [4.69, 9.17) is 5.73 Å². The fourth-order valence-electron chi connectivity index (χ4n) is 1.64. The van der Waals surface area contributed by atoms with Gasteiger partial charge in [0.15, 0.2) is 0 Å². The first kappa shape index (κ1) is 13.7. The number of rotatable bonds is 6. The van der Waals surface area contributed by atoms with E-state index in [1.54, 1.807) is 6.20 Å². The SMILES string of the molecule is Cc1cn[nH]c1NC(=O)CCC(C)(C)CCN. The van der Waals surface area contributed by atoms with Gasteiger partial charge in [-0.3, -0.25) is 9.89 Å². The lowest BCUT2D eigenvalue weighted by atomic mass is 9.84. The molecule has 1 amide bonds. The van der Waals surface area contributed by atoms with Gasteiger partial charge in [-0.2, -0.15) is 5.10 Å². The van der Waals surface area contributed by atoms with Crippen LogP contribution in [-0.4, -0.2) is 22.6 Å². The number of hydrogen-bond acceptors (Lipinski definition) is 3. The minimum Gasteiger partial charge on any atom is -0.330 e. The fraction of sp³-hybridized carbons (Fsp3) is 0.667. The van der Waals surface area contributed by atoms with Crippen molar-refractivity contribution >= 4 is 11.7 Å². The van der Waals surface area contributed by atoms with E-state index in [1.807, 2.05) is 6.92 Å². The molecule has 0 atom stereocenters. The van der Waals surface area contributed by atoms with Gasteiger partial charge in [0.2, 0.25) is 5.91 Å². The molecule has 1 rings (SSSR count). The van der Waals surface area contributed by atoms with E-state index in [1.165, 1.54) is 0 Å². The molecule has 1 aromatic rings. The van der Waals surface area contributed by atoms with Crippen LogP contribution in [0.15, 0.2) is 6.20 Å². The molecule has 96 valence electrons. The largest absolute Gasteiger partial charge is 0.330 e. The number of nitrogens with two attached hydrogens (primary N) is 1. The smallest absolute Gasteiger partial charge is 0.225 e. The Balaban J connectivity index is 2.38. The van der Waals surface area contributed by atoms with E-state index >= 15 is 0 Å². The van der Waals surface area contributed by atoms with Crippen LogP contribution >= 0.6 is 0 Å². The first-order chi connectivity index (χ1) is 7.94. The molecular formula is C12H22N4O. The lowest BCUT2D eigenvalue weighted by Crippen LogP contribution is -2.21. The normalized spacial score (nSPS) is 11.5. The van der Waals surface area contributed by atoms with Crippen LogP contribution in [0.4, 0.5) is 5.82 Å². The molecule has 0 radical (unpaired) electrons. The summed E-state index contributed by atoms with van der Waals surface area (Å²) < 4.78 is 0. The van der Waals surface area contributed by atoms with Gasteiger partial charge < -0.3 is 11.1 Å². The second-order valence-corrected chi connectivity index (χ2v) is 5.18. The summed E-state index contributed by atoms with van der Waals surface area (Å²) in [7, 11) is 0. The van der Waals surface area contributed by atoms with Gasteiger partial charge in [0.25, 0.3) is 0 Å². The number of amides is 1. The maximum atomic E-state index is 11.7. The number of aromatic amines is 1. The zero-order valence-corrected chi connectivity index (χ0v) is 10.8. The number of H-pyrrole nitrogens is 1. The molecule has 0 aliphatic rings. The predicted octanol–water partition coefficient (Wildman–Crippen LogP) is 1.81. The van der Waals surface area contributed by atoms with Crippen molar-refractivity contribution in [3.8, 4) is 0 Å². The summed E-state index contributed by atoms with van der Waals surface area (Å²) >= 11 is 0. The van der Waals surface area contributed by atoms with Crippen molar-refractivity contribution in [1.82, 2.24) is 10.2 Å². The van der Waals surface area contributed by atoms with Crippen LogP contribution in [0.25, 0.3) is 0 Å². The molecule has 0 aliphatic carbocycles. The van der Waals surface area contributed by atoms with Crippen molar-refractivity contribution in [2.24, 2.45) is 11.1 Å². The van der Waals surface area contributed by atoms with E-state index < -0.39 is 0 Å². The molecule has 4 N–H and O–H groups in total.